The van der Waals surface area contributed by atoms with E-state index in [1.807, 2.05) is 24.3 Å². The third-order valence-corrected chi connectivity index (χ3v) is 6.70. The quantitative estimate of drug-likeness (QED) is 0.795. The van der Waals surface area contributed by atoms with Crippen molar-refractivity contribution in [2.75, 3.05) is 18.4 Å². The fourth-order valence-electron chi connectivity index (χ4n) is 3.95. The largest absolute Gasteiger partial charge is 0.301 e. The Kier molecular flexibility index (Phi) is 5.30. The van der Waals surface area contributed by atoms with Gasteiger partial charge in [-0.3, -0.25) is 9.69 Å². The Morgan fingerprint density at radius 1 is 1.15 bits per heavy atom. The average Bonchev–Trinajstić information content (AvgIpc) is 3.03. The summed E-state index contributed by atoms with van der Waals surface area (Å²) in [7, 11) is 0. The van der Waals surface area contributed by atoms with E-state index in [0.29, 0.717) is 10.2 Å². The third-order valence-electron chi connectivity index (χ3n) is 5.65. The maximum absolute atomic E-state index is 13.0. The molecule has 138 valence electrons. The van der Waals surface area contributed by atoms with Gasteiger partial charge < -0.3 is 5.32 Å². The van der Waals surface area contributed by atoms with Gasteiger partial charge in [0.1, 0.15) is 0 Å². The average molecular weight is 390 g/mol. The van der Waals surface area contributed by atoms with Gasteiger partial charge in [0.15, 0.2) is 5.13 Å². The molecule has 2 fully saturated rings. The Balaban J connectivity index is 1.43. The first-order valence-electron chi connectivity index (χ1n) is 9.40. The second kappa shape index (κ2) is 7.67. The van der Waals surface area contributed by atoms with E-state index < -0.39 is 5.41 Å². The van der Waals surface area contributed by atoms with Crippen LogP contribution in [0.3, 0.4) is 0 Å². The first kappa shape index (κ1) is 18.0. The van der Waals surface area contributed by atoms with E-state index in [1.54, 1.807) is 0 Å². The van der Waals surface area contributed by atoms with Crippen molar-refractivity contribution in [3.05, 3.63) is 45.9 Å². The predicted octanol–water partition coefficient (Wildman–Crippen LogP) is 4.84. The molecule has 6 heteroatoms. The molecule has 1 aliphatic heterocycles. The molecule has 0 bridgehead atoms. The number of hydrogen-bond acceptors (Lipinski definition) is 4. The number of rotatable bonds is 5. The highest BCUT2D eigenvalue weighted by molar-refractivity contribution is 7.13. The first-order valence-corrected chi connectivity index (χ1v) is 10.7. The number of carbonyl (C=O) groups excluding carboxylic acids is 1. The van der Waals surface area contributed by atoms with Crippen molar-refractivity contribution in [3.63, 3.8) is 0 Å². The minimum absolute atomic E-state index is 0.0601. The molecule has 4 nitrogen and oxygen atoms in total. The maximum atomic E-state index is 13.0. The lowest BCUT2D eigenvalue weighted by Crippen LogP contribution is -2.46. The number of thiazole rings is 1. The van der Waals surface area contributed by atoms with Crippen molar-refractivity contribution in [1.82, 2.24) is 9.88 Å². The molecule has 2 aromatic rings. The summed E-state index contributed by atoms with van der Waals surface area (Å²) in [6.07, 6.45) is 6.73. The normalized spacial score (nSPS) is 19.7. The van der Waals surface area contributed by atoms with Crippen molar-refractivity contribution in [2.45, 2.75) is 50.5 Å². The summed E-state index contributed by atoms with van der Waals surface area (Å²) < 4.78 is 0. The van der Waals surface area contributed by atoms with Gasteiger partial charge in [-0.25, -0.2) is 4.98 Å². The molecule has 1 saturated heterocycles. The monoisotopic (exact) mass is 389 g/mol. The Bertz CT molecular complexity index is 764. The number of amides is 1. The Morgan fingerprint density at radius 3 is 2.54 bits per heavy atom. The molecular formula is C20H24ClN3OS. The van der Waals surface area contributed by atoms with Crippen molar-refractivity contribution in [3.8, 4) is 0 Å². The number of halogens is 1. The van der Waals surface area contributed by atoms with E-state index in [9.17, 15) is 4.79 Å². The molecule has 1 amide bonds. The van der Waals surface area contributed by atoms with E-state index in [4.69, 9.17) is 11.6 Å². The van der Waals surface area contributed by atoms with Crippen LogP contribution in [-0.2, 0) is 16.8 Å². The van der Waals surface area contributed by atoms with Gasteiger partial charge in [-0.05, 0) is 56.5 Å². The molecule has 1 N–H and O–H groups in total. The van der Waals surface area contributed by atoms with Crippen LogP contribution in [0, 0.1) is 0 Å². The highest BCUT2D eigenvalue weighted by Gasteiger charge is 2.45. The molecule has 1 aromatic carbocycles. The van der Waals surface area contributed by atoms with Gasteiger partial charge in [0, 0.05) is 16.9 Å². The first-order chi connectivity index (χ1) is 12.7. The SMILES string of the molecule is O=C(Nc1nc(CN2CCCCC2)cs1)C1(c2ccc(Cl)cc2)CCC1. The second-order valence-corrected chi connectivity index (χ2v) is 8.67. The Labute approximate surface area is 163 Å². The van der Waals surface area contributed by atoms with Gasteiger partial charge in [0.2, 0.25) is 5.91 Å². The van der Waals surface area contributed by atoms with Gasteiger partial charge in [-0.15, -0.1) is 11.3 Å². The summed E-state index contributed by atoms with van der Waals surface area (Å²) in [5, 5.41) is 6.55. The number of nitrogens with one attached hydrogen (secondary N) is 1. The Morgan fingerprint density at radius 2 is 1.88 bits per heavy atom. The minimum atomic E-state index is -0.427. The zero-order chi connectivity index (χ0) is 18.0. The molecule has 1 aliphatic carbocycles. The van der Waals surface area contributed by atoms with Gasteiger partial charge in [0.25, 0.3) is 0 Å². The topological polar surface area (TPSA) is 45.2 Å². The van der Waals surface area contributed by atoms with Crippen LogP contribution in [0.2, 0.25) is 5.02 Å². The van der Waals surface area contributed by atoms with Crippen LogP contribution in [0.1, 0.15) is 49.8 Å². The number of nitrogens with zero attached hydrogens (tertiary/aromatic N) is 2. The molecule has 0 atom stereocenters. The minimum Gasteiger partial charge on any atom is -0.301 e. The standard InChI is InChI=1S/C20H24ClN3OS/c21-16-7-5-15(6-8-16)20(9-4-10-20)18(25)23-19-22-17(14-26-19)13-24-11-2-1-3-12-24/h5-8,14H,1-4,9-13H2,(H,22,23,25). The Hall–Kier alpha value is -1.43. The number of benzene rings is 1. The molecule has 1 aromatic heterocycles. The fourth-order valence-corrected chi connectivity index (χ4v) is 4.77. The lowest BCUT2D eigenvalue weighted by molar-refractivity contribution is -0.124. The zero-order valence-corrected chi connectivity index (χ0v) is 16.4. The van der Waals surface area contributed by atoms with Gasteiger partial charge >= 0.3 is 0 Å². The summed E-state index contributed by atoms with van der Waals surface area (Å²) >= 11 is 7.53. The molecule has 0 radical (unpaired) electrons. The molecule has 4 rings (SSSR count). The van der Waals surface area contributed by atoms with E-state index in [0.717, 1.165) is 50.2 Å². The van der Waals surface area contributed by atoms with Crippen molar-refractivity contribution in [2.24, 2.45) is 0 Å². The van der Waals surface area contributed by atoms with Gasteiger partial charge in [-0.2, -0.15) is 0 Å². The van der Waals surface area contributed by atoms with Crippen LogP contribution in [0.5, 0.6) is 0 Å². The maximum Gasteiger partial charge on any atom is 0.236 e. The highest BCUT2D eigenvalue weighted by Crippen LogP contribution is 2.45. The molecule has 1 saturated carbocycles. The van der Waals surface area contributed by atoms with Gasteiger partial charge in [-0.1, -0.05) is 36.6 Å². The predicted molar refractivity (Wildman–Crippen MR) is 107 cm³/mol. The van der Waals surface area contributed by atoms with Crippen LogP contribution in [0.4, 0.5) is 5.13 Å². The smallest absolute Gasteiger partial charge is 0.236 e. The lowest BCUT2D eigenvalue weighted by atomic mass is 9.64. The summed E-state index contributed by atoms with van der Waals surface area (Å²) in [6.45, 7) is 3.19. The van der Waals surface area contributed by atoms with E-state index in [2.05, 4.69) is 20.6 Å². The van der Waals surface area contributed by atoms with Crippen LogP contribution in [0.25, 0.3) is 0 Å². The van der Waals surface area contributed by atoms with Crippen LogP contribution in [0.15, 0.2) is 29.6 Å². The van der Waals surface area contributed by atoms with Gasteiger partial charge in [0.05, 0.1) is 11.1 Å². The number of hydrogen-bond donors (Lipinski definition) is 1. The summed E-state index contributed by atoms with van der Waals surface area (Å²) in [5.41, 5.74) is 1.68. The number of aromatic nitrogens is 1. The van der Waals surface area contributed by atoms with E-state index >= 15 is 0 Å². The van der Waals surface area contributed by atoms with Crippen molar-refractivity contribution >= 4 is 34.0 Å². The highest BCUT2D eigenvalue weighted by atomic mass is 35.5. The summed E-state index contributed by atoms with van der Waals surface area (Å²) in [6, 6.07) is 7.68. The number of piperidine rings is 1. The summed E-state index contributed by atoms with van der Waals surface area (Å²) in [4.78, 5) is 20.1. The summed E-state index contributed by atoms with van der Waals surface area (Å²) in [5.74, 6) is 0.0601. The lowest BCUT2D eigenvalue weighted by Gasteiger charge is -2.40. The van der Waals surface area contributed by atoms with Crippen LogP contribution in [-0.4, -0.2) is 28.9 Å². The molecule has 2 heterocycles. The van der Waals surface area contributed by atoms with Crippen molar-refractivity contribution in [1.29, 1.82) is 0 Å². The third kappa shape index (κ3) is 3.66. The van der Waals surface area contributed by atoms with Crippen molar-refractivity contribution < 1.29 is 4.79 Å². The number of carbonyl (C=O) groups is 1. The van der Waals surface area contributed by atoms with E-state index in [1.165, 1.54) is 30.6 Å². The molecule has 0 unspecified atom stereocenters. The zero-order valence-electron chi connectivity index (χ0n) is 14.8. The van der Waals surface area contributed by atoms with Crippen LogP contribution < -0.4 is 5.32 Å². The van der Waals surface area contributed by atoms with E-state index in [-0.39, 0.29) is 5.91 Å². The van der Waals surface area contributed by atoms with Crippen LogP contribution >= 0.6 is 22.9 Å². The second-order valence-electron chi connectivity index (χ2n) is 7.38. The number of anilines is 1. The number of likely N-dealkylation sites (tertiary alicyclic amines) is 1. The molecule has 2 aliphatic rings. The molecule has 0 spiro atoms. The molecule has 26 heavy (non-hydrogen) atoms. The fraction of sp³-hybridized carbons (Fsp3) is 0.500. The molecular weight excluding hydrogens is 366 g/mol.